The van der Waals surface area contributed by atoms with Gasteiger partial charge in [0.2, 0.25) is 0 Å². The molecule has 0 aromatic carbocycles. The molecule has 1 atom stereocenters. The molecule has 1 aliphatic carbocycles. The largest absolute Gasteiger partial charge is 0.392 e. The predicted octanol–water partition coefficient (Wildman–Crippen LogP) is 3.29. The molecule has 1 saturated carbocycles. The van der Waals surface area contributed by atoms with E-state index in [1.54, 1.807) is 34.9 Å². The van der Waals surface area contributed by atoms with Crippen molar-refractivity contribution in [3.8, 4) is 0 Å². The Morgan fingerprint density at radius 2 is 2.06 bits per heavy atom. The quantitative estimate of drug-likeness (QED) is 0.815. The topological polar surface area (TPSA) is 46.0 Å². The zero-order valence-corrected chi connectivity index (χ0v) is 12.4. The SMILES string of the molecule is CSc1nnc(SCC(O)CC2CCCC2)s1. The molecule has 0 radical (unpaired) electrons. The van der Waals surface area contributed by atoms with Gasteiger partial charge in [-0.2, -0.15) is 0 Å². The second-order valence-corrected chi connectivity index (χ2v) is 7.69. The third kappa shape index (κ3) is 4.43. The van der Waals surface area contributed by atoms with Crippen molar-refractivity contribution in [2.75, 3.05) is 12.0 Å². The van der Waals surface area contributed by atoms with Crippen molar-refractivity contribution in [1.82, 2.24) is 10.2 Å². The summed E-state index contributed by atoms with van der Waals surface area (Å²) in [7, 11) is 0. The molecule has 1 aromatic heterocycles. The molecule has 1 aromatic rings. The van der Waals surface area contributed by atoms with E-state index in [2.05, 4.69) is 10.2 Å². The number of rotatable bonds is 6. The van der Waals surface area contributed by atoms with Crippen LogP contribution in [0, 0.1) is 5.92 Å². The van der Waals surface area contributed by atoms with Crippen LogP contribution in [0.2, 0.25) is 0 Å². The minimum Gasteiger partial charge on any atom is -0.392 e. The molecule has 0 amide bonds. The fourth-order valence-corrected chi connectivity index (χ4v) is 4.61. The minimum atomic E-state index is -0.190. The highest BCUT2D eigenvalue weighted by atomic mass is 32.2. The first-order valence-electron chi connectivity index (χ1n) is 5.96. The van der Waals surface area contributed by atoms with Gasteiger partial charge >= 0.3 is 0 Å². The number of nitrogens with zero attached hydrogens (tertiary/aromatic N) is 2. The van der Waals surface area contributed by atoms with Crippen molar-refractivity contribution in [1.29, 1.82) is 0 Å². The second kappa shape index (κ2) is 6.97. The van der Waals surface area contributed by atoms with Gasteiger partial charge in [-0.15, -0.1) is 10.2 Å². The Labute approximate surface area is 115 Å². The Balaban J connectivity index is 1.69. The lowest BCUT2D eigenvalue weighted by Crippen LogP contribution is -2.14. The lowest BCUT2D eigenvalue weighted by Gasteiger charge is -2.13. The van der Waals surface area contributed by atoms with Crippen LogP contribution in [0.1, 0.15) is 32.1 Å². The molecule has 0 spiro atoms. The summed E-state index contributed by atoms with van der Waals surface area (Å²) in [6.45, 7) is 0. The van der Waals surface area contributed by atoms with E-state index >= 15 is 0 Å². The van der Waals surface area contributed by atoms with Gasteiger partial charge in [-0.1, -0.05) is 60.5 Å². The molecule has 2 rings (SSSR count). The Morgan fingerprint density at radius 3 is 2.71 bits per heavy atom. The molecular weight excluding hydrogens is 272 g/mol. The maximum Gasteiger partial charge on any atom is 0.175 e. The molecule has 1 N–H and O–H groups in total. The van der Waals surface area contributed by atoms with Gasteiger partial charge in [-0.25, -0.2) is 0 Å². The molecule has 6 heteroatoms. The average Bonchev–Trinajstić information content (AvgIpc) is 2.96. The number of hydrogen-bond acceptors (Lipinski definition) is 6. The zero-order chi connectivity index (χ0) is 12.1. The Kier molecular flexibility index (Phi) is 5.59. The van der Waals surface area contributed by atoms with Crippen molar-refractivity contribution < 1.29 is 5.11 Å². The lowest BCUT2D eigenvalue weighted by molar-refractivity contribution is 0.166. The highest BCUT2D eigenvalue weighted by Crippen LogP contribution is 2.31. The Bertz CT molecular complexity index is 339. The van der Waals surface area contributed by atoms with Crippen molar-refractivity contribution in [2.45, 2.75) is 46.9 Å². The number of aliphatic hydroxyl groups is 1. The number of aromatic nitrogens is 2. The second-order valence-electron chi connectivity index (χ2n) is 4.39. The molecule has 0 saturated heterocycles. The molecular formula is C11H18N2OS3. The van der Waals surface area contributed by atoms with Crippen LogP contribution in [-0.4, -0.2) is 33.4 Å². The summed E-state index contributed by atoms with van der Waals surface area (Å²) in [6.07, 6.45) is 8.07. The maximum absolute atomic E-state index is 9.97. The highest BCUT2D eigenvalue weighted by Gasteiger charge is 2.19. The van der Waals surface area contributed by atoms with E-state index < -0.39 is 0 Å². The third-order valence-electron chi connectivity index (χ3n) is 3.04. The normalized spacial score (nSPS) is 18.7. The molecule has 3 nitrogen and oxygen atoms in total. The summed E-state index contributed by atoms with van der Waals surface area (Å²) in [6, 6.07) is 0. The van der Waals surface area contributed by atoms with Gasteiger partial charge in [-0.3, -0.25) is 0 Å². The first-order chi connectivity index (χ1) is 8.28. The van der Waals surface area contributed by atoms with Gasteiger partial charge in [0, 0.05) is 5.75 Å². The van der Waals surface area contributed by atoms with Gasteiger partial charge in [0.15, 0.2) is 8.68 Å². The van der Waals surface area contributed by atoms with Gasteiger partial charge in [-0.05, 0) is 18.6 Å². The standard InChI is InChI=1S/C11H18N2OS3/c1-15-10-12-13-11(17-10)16-7-9(14)6-8-4-2-3-5-8/h8-9,14H,2-7H2,1H3. The van der Waals surface area contributed by atoms with E-state index in [1.165, 1.54) is 25.7 Å². The van der Waals surface area contributed by atoms with Gasteiger partial charge in [0.05, 0.1) is 6.10 Å². The van der Waals surface area contributed by atoms with Crippen molar-refractivity contribution >= 4 is 34.9 Å². The predicted molar refractivity (Wildman–Crippen MR) is 75.0 cm³/mol. The molecule has 1 fully saturated rings. The van der Waals surface area contributed by atoms with Crippen LogP contribution in [0.3, 0.4) is 0 Å². The van der Waals surface area contributed by atoms with E-state index in [9.17, 15) is 5.11 Å². The lowest BCUT2D eigenvalue weighted by atomic mass is 10.0. The summed E-state index contributed by atoms with van der Waals surface area (Å²) in [5, 5.41) is 18.1. The van der Waals surface area contributed by atoms with Crippen LogP contribution in [0.25, 0.3) is 0 Å². The smallest absolute Gasteiger partial charge is 0.175 e. The Hall–Kier alpha value is 0.220. The van der Waals surface area contributed by atoms with E-state index in [0.29, 0.717) is 0 Å². The van der Waals surface area contributed by atoms with E-state index in [0.717, 1.165) is 26.8 Å². The van der Waals surface area contributed by atoms with Crippen LogP contribution in [0.15, 0.2) is 8.68 Å². The molecule has 0 bridgehead atoms. The van der Waals surface area contributed by atoms with Crippen LogP contribution < -0.4 is 0 Å². The minimum absolute atomic E-state index is 0.190. The first kappa shape index (κ1) is 13.6. The van der Waals surface area contributed by atoms with Crippen LogP contribution in [0.4, 0.5) is 0 Å². The van der Waals surface area contributed by atoms with Crippen LogP contribution >= 0.6 is 34.9 Å². The van der Waals surface area contributed by atoms with Gasteiger partial charge in [0.1, 0.15) is 0 Å². The number of aliphatic hydroxyl groups excluding tert-OH is 1. The van der Waals surface area contributed by atoms with E-state index in [-0.39, 0.29) is 6.10 Å². The van der Waals surface area contributed by atoms with Crippen molar-refractivity contribution in [3.05, 3.63) is 0 Å². The van der Waals surface area contributed by atoms with Crippen molar-refractivity contribution in [2.24, 2.45) is 5.92 Å². The summed E-state index contributed by atoms with van der Waals surface area (Å²) in [5.41, 5.74) is 0. The Morgan fingerprint density at radius 1 is 1.35 bits per heavy atom. The van der Waals surface area contributed by atoms with E-state index in [1.807, 2.05) is 6.26 Å². The van der Waals surface area contributed by atoms with Gasteiger partial charge in [0.25, 0.3) is 0 Å². The third-order valence-corrected chi connectivity index (χ3v) is 6.22. The number of thioether (sulfide) groups is 2. The fraction of sp³-hybridized carbons (Fsp3) is 0.818. The maximum atomic E-state index is 9.97. The monoisotopic (exact) mass is 290 g/mol. The summed E-state index contributed by atoms with van der Waals surface area (Å²) in [5.74, 6) is 1.50. The summed E-state index contributed by atoms with van der Waals surface area (Å²) < 4.78 is 1.97. The summed E-state index contributed by atoms with van der Waals surface area (Å²) >= 11 is 4.86. The first-order valence-corrected chi connectivity index (χ1v) is 8.99. The van der Waals surface area contributed by atoms with Crippen LogP contribution in [-0.2, 0) is 0 Å². The number of hydrogen-bond donors (Lipinski definition) is 1. The van der Waals surface area contributed by atoms with Crippen molar-refractivity contribution in [3.63, 3.8) is 0 Å². The molecule has 1 unspecified atom stereocenters. The fourth-order valence-electron chi connectivity index (χ4n) is 2.20. The molecule has 0 aliphatic heterocycles. The molecule has 1 heterocycles. The van der Waals surface area contributed by atoms with E-state index in [4.69, 9.17) is 0 Å². The van der Waals surface area contributed by atoms with Gasteiger partial charge < -0.3 is 5.11 Å². The molecule has 1 aliphatic rings. The molecule has 17 heavy (non-hydrogen) atoms. The van der Waals surface area contributed by atoms with Crippen LogP contribution in [0.5, 0.6) is 0 Å². The zero-order valence-electron chi connectivity index (χ0n) is 9.96. The molecule has 96 valence electrons. The average molecular weight is 290 g/mol. The summed E-state index contributed by atoms with van der Waals surface area (Å²) in [4.78, 5) is 0. The highest BCUT2D eigenvalue weighted by molar-refractivity contribution is 8.02.